The van der Waals surface area contributed by atoms with Gasteiger partial charge >= 0.3 is 11.9 Å². The summed E-state index contributed by atoms with van der Waals surface area (Å²) in [5.41, 5.74) is 1.75. The predicted octanol–water partition coefficient (Wildman–Crippen LogP) is 2.84. The van der Waals surface area contributed by atoms with Gasteiger partial charge in [0.05, 0.1) is 13.4 Å². The average molecular weight is 373 g/mol. The number of carbonyl (C=O) groups is 3. The highest BCUT2D eigenvalue weighted by atomic mass is 16.5. The van der Waals surface area contributed by atoms with E-state index < -0.39 is 11.9 Å². The summed E-state index contributed by atoms with van der Waals surface area (Å²) in [5, 5.41) is 2.50. The van der Waals surface area contributed by atoms with Crippen LogP contribution in [0.5, 0.6) is 0 Å². The molecular weight excluding hydrogens is 350 g/mol. The lowest BCUT2D eigenvalue weighted by Crippen LogP contribution is -2.30. The van der Waals surface area contributed by atoms with Crippen molar-refractivity contribution in [2.75, 3.05) is 13.7 Å². The first-order chi connectivity index (χ1) is 12.7. The molecule has 0 aliphatic carbocycles. The van der Waals surface area contributed by atoms with Gasteiger partial charge in [-0.15, -0.1) is 0 Å². The molecule has 1 aromatic heterocycles. The van der Waals surface area contributed by atoms with Crippen LogP contribution in [0.25, 0.3) is 0 Å². The molecule has 7 nitrogen and oxygen atoms in total. The number of methoxy groups -OCH3 is 1. The summed E-state index contributed by atoms with van der Waals surface area (Å²) >= 11 is 0. The Kier molecular flexibility index (Phi) is 6.39. The van der Waals surface area contributed by atoms with Crippen LogP contribution >= 0.6 is 0 Å². The molecule has 0 bridgehead atoms. The Bertz CT molecular complexity index is 814. The number of hydrogen-bond acceptors (Lipinski definition) is 6. The van der Waals surface area contributed by atoms with E-state index in [1.165, 1.54) is 19.4 Å². The minimum Gasteiger partial charge on any atom is -0.465 e. The van der Waals surface area contributed by atoms with Crippen LogP contribution in [0.3, 0.4) is 0 Å². The lowest BCUT2D eigenvalue weighted by Gasteiger charge is -2.19. The Hall–Kier alpha value is -3.09. The first-order valence-corrected chi connectivity index (χ1v) is 8.41. The topological polar surface area (TPSA) is 94.8 Å². The Morgan fingerprint density at radius 1 is 1.07 bits per heavy atom. The molecule has 0 fully saturated rings. The maximum atomic E-state index is 12.1. The van der Waals surface area contributed by atoms with Gasteiger partial charge in [-0.1, -0.05) is 32.9 Å². The number of furan rings is 1. The van der Waals surface area contributed by atoms with Gasteiger partial charge in [0.1, 0.15) is 18.7 Å². The molecule has 1 N–H and O–H groups in total. The van der Waals surface area contributed by atoms with E-state index in [1.54, 1.807) is 12.1 Å². The van der Waals surface area contributed by atoms with E-state index in [2.05, 4.69) is 30.8 Å². The number of amides is 1. The standard InChI is InChI=1S/C20H23NO6/c1-20(2,3)14-7-5-13(6-8-14)18(23)21-11-17(22)27-12-16-15(9-10-26-16)19(24)25-4/h5-10H,11-12H2,1-4H3,(H,21,23). The van der Waals surface area contributed by atoms with Crippen LogP contribution in [-0.2, 0) is 26.3 Å². The van der Waals surface area contributed by atoms with Gasteiger partial charge in [0.15, 0.2) is 5.76 Å². The number of ether oxygens (including phenoxy) is 2. The second-order valence-corrected chi connectivity index (χ2v) is 6.92. The van der Waals surface area contributed by atoms with E-state index in [9.17, 15) is 14.4 Å². The Morgan fingerprint density at radius 2 is 1.74 bits per heavy atom. The first-order valence-electron chi connectivity index (χ1n) is 8.41. The number of hydrogen-bond donors (Lipinski definition) is 1. The van der Waals surface area contributed by atoms with E-state index in [-0.39, 0.29) is 35.8 Å². The molecule has 1 aromatic carbocycles. The maximum absolute atomic E-state index is 12.1. The highest BCUT2D eigenvalue weighted by Gasteiger charge is 2.17. The highest BCUT2D eigenvalue weighted by Crippen LogP contribution is 2.22. The van der Waals surface area contributed by atoms with Crippen LogP contribution < -0.4 is 5.32 Å². The quantitative estimate of drug-likeness (QED) is 0.783. The van der Waals surface area contributed by atoms with Gasteiger partial charge in [-0.3, -0.25) is 9.59 Å². The number of nitrogens with one attached hydrogen (secondary N) is 1. The molecule has 2 aromatic rings. The molecule has 1 amide bonds. The molecule has 0 saturated carbocycles. The van der Waals surface area contributed by atoms with Gasteiger partial charge in [0.25, 0.3) is 5.91 Å². The zero-order valence-corrected chi connectivity index (χ0v) is 15.8. The molecule has 0 spiro atoms. The lowest BCUT2D eigenvalue weighted by atomic mass is 9.87. The smallest absolute Gasteiger partial charge is 0.341 e. The zero-order chi connectivity index (χ0) is 20.0. The summed E-state index contributed by atoms with van der Waals surface area (Å²) < 4.78 is 14.7. The van der Waals surface area contributed by atoms with Crippen molar-refractivity contribution >= 4 is 17.8 Å². The minimum atomic E-state index is -0.651. The SMILES string of the molecule is COC(=O)c1ccoc1COC(=O)CNC(=O)c1ccc(C(C)(C)C)cc1. The Balaban J connectivity index is 1.84. The molecule has 0 unspecified atom stereocenters. The molecule has 2 rings (SSSR count). The zero-order valence-electron chi connectivity index (χ0n) is 15.8. The average Bonchev–Trinajstić information content (AvgIpc) is 3.11. The van der Waals surface area contributed by atoms with Crippen LogP contribution in [0.2, 0.25) is 0 Å². The number of esters is 2. The fraction of sp³-hybridized carbons (Fsp3) is 0.350. The van der Waals surface area contributed by atoms with Crippen LogP contribution in [0, 0.1) is 0 Å². The van der Waals surface area contributed by atoms with Crippen molar-refractivity contribution in [3.63, 3.8) is 0 Å². The van der Waals surface area contributed by atoms with Crippen molar-refractivity contribution in [2.24, 2.45) is 0 Å². The van der Waals surface area contributed by atoms with Gasteiger partial charge in [0, 0.05) is 5.56 Å². The van der Waals surface area contributed by atoms with Gasteiger partial charge in [-0.2, -0.15) is 0 Å². The normalized spacial score (nSPS) is 11.0. The summed E-state index contributed by atoms with van der Waals surface area (Å²) in [4.78, 5) is 35.5. The van der Waals surface area contributed by atoms with E-state index in [0.717, 1.165) is 5.56 Å². The fourth-order valence-corrected chi connectivity index (χ4v) is 2.32. The van der Waals surface area contributed by atoms with Gasteiger partial charge in [-0.25, -0.2) is 4.79 Å². The number of carbonyl (C=O) groups excluding carboxylic acids is 3. The summed E-state index contributed by atoms with van der Waals surface area (Å²) in [6, 6.07) is 8.63. The Labute approximate surface area is 157 Å². The van der Waals surface area contributed by atoms with Gasteiger partial charge < -0.3 is 19.2 Å². The molecule has 7 heteroatoms. The van der Waals surface area contributed by atoms with Crippen LogP contribution in [0.1, 0.15) is 52.8 Å². The van der Waals surface area contributed by atoms with Crippen molar-refractivity contribution in [1.82, 2.24) is 5.32 Å². The molecule has 0 saturated heterocycles. The highest BCUT2D eigenvalue weighted by molar-refractivity contribution is 5.96. The summed E-state index contributed by atoms with van der Waals surface area (Å²) in [6.45, 7) is 5.73. The summed E-state index contributed by atoms with van der Waals surface area (Å²) in [6.07, 6.45) is 1.30. The van der Waals surface area contributed by atoms with Crippen molar-refractivity contribution in [1.29, 1.82) is 0 Å². The predicted molar refractivity (Wildman–Crippen MR) is 97.3 cm³/mol. The minimum absolute atomic E-state index is 0.00623. The second-order valence-electron chi connectivity index (χ2n) is 6.92. The van der Waals surface area contributed by atoms with Crippen LogP contribution in [0.4, 0.5) is 0 Å². The molecule has 0 aliphatic heterocycles. The van der Waals surface area contributed by atoms with Crippen molar-refractivity contribution < 1.29 is 28.3 Å². The molecule has 144 valence electrons. The number of rotatable bonds is 6. The molecule has 0 aliphatic rings. The maximum Gasteiger partial charge on any atom is 0.341 e. The van der Waals surface area contributed by atoms with E-state index in [0.29, 0.717) is 5.56 Å². The Morgan fingerprint density at radius 3 is 2.33 bits per heavy atom. The first kappa shape index (κ1) is 20.2. The lowest BCUT2D eigenvalue weighted by molar-refractivity contribution is -0.144. The van der Waals surface area contributed by atoms with Crippen molar-refractivity contribution in [2.45, 2.75) is 32.8 Å². The molecular formula is C20H23NO6. The fourth-order valence-electron chi connectivity index (χ4n) is 2.32. The monoisotopic (exact) mass is 373 g/mol. The molecule has 27 heavy (non-hydrogen) atoms. The van der Waals surface area contributed by atoms with Gasteiger partial charge in [-0.05, 0) is 29.2 Å². The second kappa shape index (κ2) is 8.53. The van der Waals surface area contributed by atoms with Crippen LogP contribution in [0.15, 0.2) is 41.0 Å². The number of benzene rings is 1. The molecule has 0 radical (unpaired) electrons. The van der Waals surface area contributed by atoms with Crippen molar-refractivity contribution in [3.05, 3.63) is 59.0 Å². The third-order valence-corrected chi connectivity index (χ3v) is 3.92. The van der Waals surface area contributed by atoms with E-state index in [1.807, 2.05) is 12.1 Å². The van der Waals surface area contributed by atoms with Crippen LogP contribution in [-0.4, -0.2) is 31.5 Å². The third kappa shape index (κ3) is 5.44. The van der Waals surface area contributed by atoms with Gasteiger partial charge in [0.2, 0.25) is 0 Å². The summed E-state index contributed by atoms with van der Waals surface area (Å²) in [5.74, 6) is -1.43. The van der Waals surface area contributed by atoms with E-state index in [4.69, 9.17) is 9.15 Å². The molecule has 0 atom stereocenters. The van der Waals surface area contributed by atoms with E-state index >= 15 is 0 Å². The molecule has 1 heterocycles. The van der Waals surface area contributed by atoms with Crippen molar-refractivity contribution in [3.8, 4) is 0 Å². The largest absolute Gasteiger partial charge is 0.465 e. The summed E-state index contributed by atoms with van der Waals surface area (Å²) in [7, 11) is 1.24. The third-order valence-electron chi connectivity index (χ3n) is 3.92.